The molecule has 1 nitrogen and oxygen atoms in total. The molecule has 1 aromatic rings. The molecule has 0 spiro atoms. The molecule has 1 aliphatic carbocycles. The summed E-state index contributed by atoms with van der Waals surface area (Å²) >= 11 is 0. The van der Waals surface area contributed by atoms with Gasteiger partial charge >= 0.3 is 0 Å². The minimum atomic E-state index is 0.755. The monoisotopic (exact) mass is 215 g/mol. The molecule has 1 N–H and O–H groups in total. The van der Waals surface area contributed by atoms with Crippen LogP contribution in [0.25, 0.3) is 0 Å². The molecule has 0 amide bonds. The van der Waals surface area contributed by atoms with Crippen molar-refractivity contribution in [2.45, 2.75) is 44.1 Å². The third-order valence-corrected chi connectivity index (χ3v) is 4.39. The van der Waals surface area contributed by atoms with Crippen molar-refractivity contribution < 1.29 is 0 Å². The summed E-state index contributed by atoms with van der Waals surface area (Å²) in [5, 5.41) is 3.77. The van der Waals surface area contributed by atoms with Gasteiger partial charge in [0.25, 0.3) is 0 Å². The van der Waals surface area contributed by atoms with Crippen LogP contribution in [0.2, 0.25) is 0 Å². The first kappa shape index (κ1) is 10.3. The Bertz CT molecular complexity index is 331. The second-order valence-corrected chi connectivity index (χ2v) is 5.33. The highest BCUT2D eigenvalue weighted by atomic mass is 14.9. The number of benzene rings is 1. The number of hydrogen-bond donors (Lipinski definition) is 1. The van der Waals surface area contributed by atoms with Crippen LogP contribution in [0, 0.1) is 5.92 Å². The van der Waals surface area contributed by atoms with Gasteiger partial charge in [-0.2, -0.15) is 0 Å². The zero-order chi connectivity index (χ0) is 10.8. The molecule has 1 heterocycles. The lowest BCUT2D eigenvalue weighted by Gasteiger charge is -2.42. The molecule has 1 heteroatoms. The maximum atomic E-state index is 3.77. The van der Waals surface area contributed by atoms with E-state index in [1.807, 2.05) is 0 Å². The van der Waals surface area contributed by atoms with E-state index in [0.29, 0.717) is 0 Å². The Morgan fingerprint density at radius 2 is 1.75 bits per heavy atom. The number of hydrogen-bond acceptors (Lipinski definition) is 1. The van der Waals surface area contributed by atoms with E-state index in [1.54, 1.807) is 5.56 Å². The van der Waals surface area contributed by atoms with Crippen LogP contribution in [0.4, 0.5) is 0 Å². The molecular weight excluding hydrogens is 194 g/mol. The predicted molar refractivity (Wildman–Crippen MR) is 67.5 cm³/mol. The zero-order valence-electron chi connectivity index (χ0n) is 9.86. The quantitative estimate of drug-likeness (QED) is 0.757. The standard InChI is InChI=1S/C15H21N/c1-2-6-12(7-3-1)14-10-4-8-13-9-5-11-16-15(13)14/h1-3,6-7,13-16H,4-5,8-11H2/t13?,14-,15?/m0/s1. The van der Waals surface area contributed by atoms with Crippen LogP contribution in [0.3, 0.4) is 0 Å². The van der Waals surface area contributed by atoms with Gasteiger partial charge in [0.1, 0.15) is 0 Å². The van der Waals surface area contributed by atoms with Gasteiger partial charge in [0.05, 0.1) is 0 Å². The van der Waals surface area contributed by atoms with Crippen LogP contribution in [0.5, 0.6) is 0 Å². The van der Waals surface area contributed by atoms with Crippen LogP contribution in [0.1, 0.15) is 43.6 Å². The van der Waals surface area contributed by atoms with E-state index in [4.69, 9.17) is 0 Å². The van der Waals surface area contributed by atoms with Crippen molar-refractivity contribution >= 4 is 0 Å². The Kier molecular flexibility index (Phi) is 2.96. The Labute approximate surface area is 98.3 Å². The van der Waals surface area contributed by atoms with Crippen molar-refractivity contribution in [3.8, 4) is 0 Å². The number of rotatable bonds is 1. The SMILES string of the molecule is c1ccc([C@@H]2CCCC3CCCNC32)cc1. The van der Waals surface area contributed by atoms with Gasteiger partial charge in [0.2, 0.25) is 0 Å². The normalized spacial score (nSPS) is 34.4. The van der Waals surface area contributed by atoms with E-state index >= 15 is 0 Å². The van der Waals surface area contributed by atoms with E-state index in [-0.39, 0.29) is 0 Å². The molecule has 2 fully saturated rings. The van der Waals surface area contributed by atoms with Crippen molar-refractivity contribution in [3.63, 3.8) is 0 Å². The van der Waals surface area contributed by atoms with E-state index in [9.17, 15) is 0 Å². The van der Waals surface area contributed by atoms with Gasteiger partial charge in [-0.05, 0) is 49.6 Å². The highest BCUT2D eigenvalue weighted by Crippen LogP contribution is 2.39. The molecule has 1 saturated heterocycles. The third-order valence-electron chi connectivity index (χ3n) is 4.39. The van der Waals surface area contributed by atoms with Crippen molar-refractivity contribution in [1.29, 1.82) is 0 Å². The second kappa shape index (κ2) is 4.58. The van der Waals surface area contributed by atoms with Crippen LogP contribution < -0.4 is 5.32 Å². The minimum absolute atomic E-state index is 0.755. The first-order chi connectivity index (χ1) is 7.95. The van der Waals surface area contributed by atoms with Crippen molar-refractivity contribution in [1.82, 2.24) is 5.32 Å². The molecule has 2 aliphatic rings. The lowest BCUT2D eigenvalue weighted by molar-refractivity contribution is 0.186. The largest absolute Gasteiger partial charge is 0.313 e. The smallest absolute Gasteiger partial charge is 0.0164 e. The fourth-order valence-corrected chi connectivity index (χ4v) is 3.63. The maximum Gasteiger partial charge on any atom is 0.0164 e. The first-order valence-corrected chi connectivity index (χ1v) is 6.73. The average Bonchev–Trinajstić information content (AvgIpc) is 2.39. The van der Waals surface area contributed by atoms with Crippen LogP contribution >= 0.6 is 0 Å². The molecule has 2 unspecified atom stereocenters. The Hall–Kier alpha value is -0.820. The number of fused-ring (bicyclic) bond motifs is 1. The number of piperidine rings is 1. The van der Waals surface area contributed by atoms with E-state index in [1.165, 1.54) is 38.6 Å². The van der Waals surface area contributed by atoms with Crippen LogP contribution in [0.15, 0.2) is 30.3 Å². The summed E-state index contributed by atoms with van der Waals surface area (Å²) in [7, 11) is 0. The summed E-state index contributed by atoms with van der Waals surface area (Å²) in [4.78, 5) is 0. The topological polar surface area (TPSA) is 12.0 Å². The van der Waals surface area contributed by atoms with Gasteiger partial charge in [0, 0.05) is 6.04 Å². The van der Waals surface area contributed by atoms with Crippen molar-refractivity contribution in [2.75, 3.05) is 6.54 Å². The van der Waals surface area contributed by atoms with Gasteiger partial charge in [-0.25, -0.2) is 0 Å². The lowest BCUT2D eigenvalue weighted by Crippen LogP contribution is -2.47. The molecule has 3 atom stereocenters. The Morgan fingerprint density at radius 3 is 2.62 bits per heavy atom. The molecule has 1 saturated carbocycles. The van der Waals surface area contributed by atoms with Crippen LogP contribution in [-0.2, 0) is 0 Å². The van der Waals surface area contributed by atoms with Gasteiger partial charge in [-0.1, -0.05) is 36.8 Å². The lowest BCUT2D eigenvalue weighted by atomic mass is 9.71. The summed E-state index contributed by atoms with van der Waals surface area (Å²) in [5.74, 6) is 1.70. The van der Waals surface area contributed by atoms with Crippen LogP contribution in [-0.4, -0.2) is 12.6 Å². The Balaban J connectivity index is 1.83. The average molecular weight is 215 g/mol. The molecule has 0 aromatic heterocycles. The summed E-state index contributed by atoms with van der Waals surface area (Å²) in [6, 6.07) is 11.9. The van der Waals surface area contributed by atoms with E-state index < -0.39 is 0 Å². The predicted octanol–water partition coefficient (Wildman–Crippen LogP) is 3.32. The Morgan fingerprint density at radius 1 is 0.938 bits per heavy atom. The molecule has 0 bridgehead atoms. The molecule has 1 aromatic carbocycles. The van der Waals surface area contributed by atoms with Crippen molar-refractivity contribution in [3.05, 3.63) is 35.9 Å². The maximum absolute atomic E-state index is 3.77. The zero-order valence-corrected chi connectivity index (χ0v) is 9.86. The summed E-state index contributed by atoms with van der Waals surface area (Å²) in [6.07, 6.45) is 7.06. The fourth-order valence-electron chi connectivity index (χ4n) is 3.63. The molecule has 1 aliphatic heterocycles. The number of nitrogens with one attached hydrogen (secondary N) is 1. The molecule has 86 valence electrons. The summed E-state index contributed by atoms with van der Waals surface area (Å²) in [6.45, 7) is 1.23. The third kappa shape index (κ3) is 1.89. The van der Waals surface area contributed by atoms with E-state index in [2.05, 4.69) is 35.6 Å². The van der Waals surface area contributed by atoms with Gasteiger partial charge in [0.15, 0.2) is 0 Å². The highest BCUT2D eigenvalue weighted by molar-refractivity contribution is 5.22. The van der Waals surface area contributed by atoms with Crippen molar-refractivity contribution in [2.24, 2.45) is 5.92 Å². The fraction of sp³-hybridized carbons (Fsp3) is 0.600. The highest BCUT2D eigenvalue weighted by Gasteiger charge is 2.35. The first-order valence-electron chi connectivity index (χ1n) is 6.73. The minimum Gasteiger partial charge on any atom is -0.313 e. The van der Waals surface area contributed by atoms with Gasteiger partial charge in [-0.3, -0.25) is 0 Å². The summed E-state index contributed by atoms with van der Waals surface area (Å²) in [5.41, 5.74) is 1.55. The molecule has 3 rings (SSSR count). The molecule has 0 radical (unpaired) electrons. The van der Waals surface area contributed by atoms with E-state index in [0.717, 1.165) is 17.9 Å². The second-order valence-electron chi connectivity index (χ2n) is 5.33. The van der Waals surface area contributed by atoms with Gasteiger partial charge < -0.3 is 5.32 Å². The molecule has 16 heavy (non-hydrogen) atoms. The summed E-state index contributed by atoms with van der Waals surface area (Å²) < 4.78 is 0. The van der Waals surface area contributed by atoms with Gasteiger partial charge in [-0.15, -0.1) is 0 Å². The molecular formula is C15H21N.